The molecule has 1 atom stereocenters. The van der Waals surface area contributed by atoms with E-state index in [1.165, 1.54) is 29.2 Å². The quantitative estimate of drug-likeness (QED) is 0.373. The summed E-state index contributed by atoms with van der Waals surface area (Å²) in [4.78, 5) is 38.4. The number of ketones is 1. The zero-order valence-corrected chi connectivity index (χ0v) is 16.8. The van der Waals surface area contributed by atoms with E-state index in [4.69, 9.17) is 0 Å². The van der Waals surface area contributed by atoms with Gasteiger partial charge >= 0.3 is 0 Å². The Hall–Kier alpha value is -3.84. The summed E-state index contributed by atoms with van der Waals surface area (Å²) in [5.41, 5.74) is 0.216. The second-order valence-corrected chi connectivity index (χ2v) is 7.63. The lowest BCUT2D eigenvalue weighted by molar-refractivity contribution is -0.385. The second kappa shape index (κ2) is 7.77. The highest BCUT2D eigenvalue weighted by molar-refractivity contribution is 6.11. The number of aliphatic hydroxyl groups is 1. The minimum Gasteiger partial charge on any atom is -0.375 e. The van der Waals surface area contributed by atoms with Crippen LogP contribution in [0.25, 0.3) is 0 Å². The maximum Gasteiger partial charge on any atom is 0.280 e. The number of hydrogen-bond donors (Lipinski definition) is 1. The number of anilines is 1. The van der Waals surface area contributed by atoms with Crippen LogP contribution < -0.4 is 4.90 Å². The van der Waals surface area contributed by atoms with Gasteiger partial charge in [-0.15, -0.1) is 0 Å². The third-order valence-corrected chi connectivity index (χ3v) is 5.52. The van der Waals surface area contributed by atoms with E-state index in [0.717, 1.165) is 11.1 Å². The summed E-state index contributed by atoms with van der Waals surface area (Å²) >= 11 is 0. The van der Waals surface area contributed by atoms with Gasteiger partial charge in [0.1, 0.15) is 0 Å². The molecule has 0 bridgehead atoms. The maximum atomic E-state index is 13.3. The Morgan fingerprint density at radius 3 is 2.39 bits per heavy atom. The lowest BCUT2D eigenvalue weighted by Crippen LogP contribution is -2.41. The smallest absolute Gasteiger partial charge is 0.280 e. The number of hydrogen-bond acceptors (Lipinski definition) is 5. The molecule has 1 aliphatic rings. The van der Waals surface area contributed by atoms with Gasteiger partial charge in [-0.25, -0.2) is 0 Å². The SMILES string of the molecule is Cc1ccc(CN2C(=O)C(O)(CC(=O)c3ccccc3[N+](=O)[O-])c3ccccc32)cc1. The normalized spacial score (nSPS) is 17.5. The number of carbonyl (C=O) groups is 2. The van der Waals surface area contributed by atoms with Gasteiger partial charge in [0.15, 0.2) is 11.4 Å². The number of fused-ring (bicyclic) bond motifs is 1. The van der Waals surface area contributed by atoms with Crippen LogP contribution in [0.5, 0.6) is 0 Å². The Labute approximate surface area is 178 Å². The summed E-state index contributed by atoms with van der Waals surface area (Å²) in [5.74, 6) is -1.30. The van der Waals surface area contributed by atoms with Crippen molar-refractivity contribution in [3.63, 3.8) is 0 Å². The summed E-state index contributed by atoms with van der Waals surface area (Å²) in [6, 6.07) is 20.0. The number of amides is 1. The van der Waals surface area contributed by atoms with Crippen LogP contribution >= 0.6 is 0 Å². The number of carbonyl (C=O) groups excluding carboxylic acids is 2. The van der Waals surface area contributed by atoms with Crippen molar-refractivity contribution in [2.45, 2.75) is 25.5 Å². The number of nitro groups is 1. The number of aryl methyl sites for hydroxylation is 1. The molecule has 0 fully saturated rings. The van der Waals surface area contributed by atoms with Crippen LogP contribution in [0.4, 0.5) is 11.4 Å². The van der Waals surface area contributed by atoms with E-state index in [0.29, 0.717) is 11.3 Å². The molecule has 0 aromatic heterocycles. The summed E-state index contributed by atoms with van der Waals surface area (Å²) < 4.78 is 0. The first-order valence-corrected chi connectivity index (χ1v) is 9.77. The number of rotatable bonds is 6. The van der Waals surface area contributed by atoms with Gasteiger partial charge in [0.2, 0.25) is 0 Å². The Morgan fingerprint density at radius 1 is 1.03 bits per heavy atom. The monoisotopic (exact) mass is 416 g/mol. The first-order chi connectivity index (χ1) is 14.8. The predicted molar refractivity (Wildman–Crippen MR) is 115 cm³/mol. The number of benzene rings is 3. The molecule has 1 heterocycles. The third kappa shape index (κ3) is 3.60. The lowest BCUT2D eigenvalue weighted by atomic mass is 9.88. The highest BCUT2D eigenvalue weighted by atomic mass is 16.6. The van der Waals surface area contributed by atoms with E-state index >= 15 is 0 Å². The molecule has 3 aromatic carbocycles. The van der Waals surface area contributed by atoms with Crippen LogP contribution in [0.3, 0.4) is 0 Å². The van der Waals surface area contributed by atoms with Crippen molar-refractivity contribution in [2.75, 3.05) is 4.90 Å². The molecule has 4 rings (SSSR count). The van der Waals surface area contributed by atoms with Crippen molar-refractivity contribution < 1.29 is 19.6 Å². The van der Waals surface area contributed by atoms with Crippen LogP contribution in [0.1, 0.15) is 33.5 Å². The zero-order valence-electron chi connectivity index (χ0n) is 16.8. The van der Waals surface area contributed by atoms with Crippen LogP contribution in [-0.4, -0.2) is 21.7 Å². The molecular formula is C24H20N2O5. The maximum absolute atomic E-state index is 13.3. The van der Waals surface area contributed by atoms with Crippen molar-refractivity contribution in [1.82, 2.24) is 0 Å². The number of para-hydroxylation sites is 2. The molecule has 1 aliphatic heterocycles. The first kappa shape index (κ1) is 20.4. The topological polar surface area (TPSA) is 101 Å². The van der Waals surface area contributed by atoms with E-state index in [9.17, 15) is 24.8 Å². The predicted octanol–water partition coefficient (Wildman–Crippen LogP) is 3.91. The summed E-state index contributed by atoms with van der Waals surface area (Å²) in [6.07, 6.45) is -0.585. The number of nitro benzene ring substituents is 1. The Morgan fingerprint density at radius 2 is 1.68 bits per heavy atom. The largest absolute Gasteiger partial charge is 0.375 e. The summed E-state index contributed by atoms with van der Waals surface area (Å²) in [6.45, 7) is 2.20. The molecule has 1 amide bonds. The molecule has 0 aliphatic carbocycles. The van der Waals surface area contributed by atoms with Crippen LogP contribution in [0.15, 0.2) is 72.8 Å². The third-order valence-electron chi connectivity index (χ3n) is 5.52. The Balaban J connectivity index is 1.69. The average Bonchev–Trinajstić information content (AvgIpc) is 2.97. The molecule has 7 nitrogen and oxygen atoms in total. The van der Waals surface area contributed by atoms with Gasteiger partial charge < -0.3 is 10.0 Å². The van der Waals surface area contributed by atoms with Crippen molar-refractivity contribution in [3.8, 4) is 0 Å². The van der Waals surface area contributed by atoms with Crippen molar-refractivity contribution in [2.24, 2.45) is 0 Å². The van der Waals surface area contributed by atoms with E-state index in [1.54, 1.807) is 24.3 Å². The molecule has 1 N–H and O–H groups in total. The molecule has 3 aromatic rings. The van der Waals surface area contributed by atoms with Crippen molar-refractivity contribution in [1.29, 1.82) is 0 Å². The van der Waals surface area contributed by atoms with E-state index < -0.39 is 28.6 Å². The van der Waals surface area contributed by atoms with E-state index in [2.05, 4.69) is 0 Å². The molecule has 31 heavy (non-hydrogen) atoms. The number of Topliss-reactive ketones (excluding diaryl/α,β-unsaturated/α-hetero) is 1. The number of nitrogens with zero attached hydrogens (tertiary/aromatic N) is 2. The average molecular weight is 416 g/mol. The van der Waals surface area contributed by atoms with Crippen LogP contribution in [0.2, 0.25) is 0 Å². The van der Waals surface area contributed by atoms with Gasteiger partial charge in [0.25, 0.3) is 11.6 Å². The Kier molecular flexibility index (Phi) is 5.12. The highest BCUT2D eigenvalue weighted by Crippen LogP contribution is 2.43. The van der Waals surface area contributed by atoms with Gasteiger partial charge in [-0.3, -0.25) is 19.7 Å². The zero-order chi connectivity index (χ0) is 22.2. The lowest BCUT2D eigenvalue weighted by Gasteiger charge is -2.23. The van der Waals surface area contributed by atoms with Gasteiger partial charge in [-0.05, 0) is 24.6 Å². The molecule has 0 saturated heterocycles. The van der Waals surface area contributed by atoms with Crippen molar-refractivity contribution >= 4 is 23.1 Å². The van der Waals surface area contributed by atoms with Gasteiger partial charge in [-0.2, -0.15) is 0 Å². The van der Waals surface area contributed by atoms with E-state index in [1.807, 2.05) is 31.2 Å². The Bertz CT molecular complexity index is 1190. The van der Waals surface area contributed by atoms with E-state index in [-0.39, 0.29) is 17.8 Å². The fourth-order valence-electron chi connectivity index (χ4n) is 3.91. The molecule has 1 unspecified atom stereocenters. The summed E-state index contributed by atoms with van der Waals surface area (Å²) in [7, 11) is 0. The minimum absolute atomic E-state index is 0.136. The first-order valence-electron chi connectivity index (χ1n) is 9.77. The van der Waals surface area contributed by atoms with Crippen LogP contribution in [-0.2, 0) is 16.9 Å². The molecule has 0 spiro atoms. The van der Waals surface area contributed by atoms with Crippen LogP contribution in [0, 0.1) is 17.0 Å². The fourth-order valence-corrected chi connectivity index (χ4v) is 3.91. The second-order valence-electron chi connectivity index (χ2n) is 7.63. The van der Waals surface area contributed by atoms with Gasteiger partial charge in [0, 0.05) is 11.6 Å². The molecule has 0 radical (unpaired) electrons. The fraction of sp³-hybridized carbons (Fsp3) is 0.167. The summed E-state index contributed by atoms with van der Waals surface area (Å²) in [5, 5.41) is 22.7. The van der Waals surface area contributed by atoms with Crippen molar-refractivity contribution in [3.05, 3.63) is 105 Å². The highest BCUT2D eigenvalue weighted by Gasteiger charge is 2.51. The molecule has 156 valence electrons. The molecule has 0 saturated carbocycles. The molecule has 7 heteroatoms. The standard InChI is InChI=1S/C24H20N2O5/c1-16-10-12-17(13-11-16)15-25-21-9-5-3-7-19(21)24(29,23(25)28)14-22(27)18-6-2-4-8-20(18)26(30)31/h2-13,29H,14-15H2,1H3. The van der Waals surface area contributed by atoms with Gasteiger partial charge in [0.05, 0.1) is 29.1 Å². The molecular weight excluding hydrogens is 396 g/mol. The van der Waals surface area contributed by atoms with Gasteiger partial charge in [-0.1, -0.05) is 60.2 Å². The minimum atomic E-state index is -2.10.